The first-order chi connectivity index (χ1) is 8.99. The Morgan fingerprint density at radius 3 is 2.63 bits per heavy atom. The maximum absolute atomic E-state index is 12.4. The Bertz CT molecular complexity index is 633. The molecule has 0 aromatic heterocycles. The van der Waals surface area contributed by atoms with Crippen molar-refractivity contribution in [2.45, 2.75) is 0 Å². The number of carbonyl (C=O) groups excluding carboxylic acids is 1. The monoisotopic (exact) mass is 449 g/mol. The summed E-state index contributed by atoms with van der Waals surface area (Å²) in [6.45, 7) is 0. The minimum absolute atomic E-state index is 0.0808. The predicted octanol–water partition coefficient (Wildman–Crippen LogP) is 4.98. The summed E-state index contributed by atoms with van der Waals surface area (Å²) in [5.41, 5.74) is 1.34. The summed E-state index contributed by atoms with van der Waals surface area (Å²) in [6.07, 6.45) is 0. The molecule has 98 valence electrons. The van der Waals surface area contributed by atoms with E-state index in [2.05, 4.69) is 38.5 Å². The molecule has 1 amide bonds. The van der Waals surface area contributed by atoms with E-state index in [1.807, 2.05) is 30.3 Å². The van der Waals surface area contributed by atoms with Crippen molar-refractivity contribution in [1.82, 2.24) is 0 Å². The molecule has 2 nitrogen and oxygen atoms in total. The van der Waals surface area contributed by atoms with Gasteiger partial charge in [-0.3, -0.25) is 4.79 Å². The van der Waals surface area contributed by atoms with Crippen LogP contribution in [0.3, 0.4) is 0 Å². The van der Waals surface area contributed by atoms with E-state index in [1.165, 1.54) is 0 Å². The smallest absolute Gasteiger partial charge is 0.258 e. The molecule has 0 unspecified atom stereocenters. The van der Waals surface area contributed by atoms with Gasteiger partial charge in [0.1, 0.15) is 0 Å². The highest BCUT2D eigenvalue weighted by Gasteiger charge is 2.16. The number of carbonyl (C=O) groups is 1. The summed E-state index contributed by atoms with van der Waals surface area (Å²) in [4.78, 5) is 13.9. The summed E-state index contributed by atoms with van der Waals surface area (Å²) in [5.74, 6) is -0.0808. The molecule has 2 rings (SSSR count). The van der Waals surface area contributed by atoms with Crippen molar-refractivity contribution in [2.24, 2.45) is 0 Å². The zero-order valence-electron chi connectivity index (χ0n) is 10.0. The zero-order valence-corrected chi connectivity index (χ0v) is 14.5. The lowest BCUT2D eigenvalue weighted by Crippen LogP contribution is -2.26. The van der Waals surface area contributed by atoms with E-state index in [0.717, 1.165) is 8.04 Å². The summed E-state index contributed by atoms with van der Waals surface area (Å²) in [5, 5.41) is 0.538. The van der Waals surface area contributed by atoms with Gasteiger partial charge in [0.2, 0.25) is 0 Å². The average Bonchev–Trinajstić information content (AvgIpc) is 2.37. The van der Waals surface area contributed by atoms with Crippen molar-refractivity contribution in [3.05, 3.63) is 61.1 Å². The number of rotatable bonds is 2. The van der Waals surface area contributed by atoms with Crippen LogP contribution in [0.25, 0.3) is 0 Å². The number of nitrogens with zero attached hydrogens (tertiary/aromatic N) is 1. The van der Waals surface area contributed by atoms with Crippen LogP contribution in [-0.4, -0.2) is 13.0 Å². The maximum atomic E-state index is 12.4. The Kier molecular flexibility index (Phi) is 4.86. The topological polar surface area (TPSA) is 20.3 Å². The third kappa shape index (κ3) is 3.49. The van der Waals surface area contributed by atoms with Gasteiger partial charge in [0.05, 0.1) is 10.7 Å². The molecule has 0 N–H and O–H groups in total. The minimum Gasteiger partial charge on any atom is -0.310 e. The Balaban J connectivity index is 2.33. The molecule has 0 spiro atoms. The molecule has 2 aromatic rings. The first kappa shape index (κ1) is 14.8. The minimum atomic E-state index is -0.0808. The number of anilines is 1. The maximum Gasteiger partial charge on any atom is 0.258 e. The largest absolute Gasteiger partial charge is 0.310 e. The Hall–Kier alpha value is -0.590. The first-order valence-corrected chi connectivity index (χ1v) is 7.72. The quantitative estimate of drug-likeness (QED) is 0.591. The summed E-state index contributed by atoms with van der Waals surface area (Å²) in [6, 6.07) is 12.9. The molecule has 0 saturated heterocycles. The van der Waals surface area contributed by atoms with E-state index < -0.39 is 0 Å². The number of hydrogen-bond acceptors (Lipinski definition) is 1. The number of hydrogen-bond donors (Lipinski definition) is 0. The lowest BCUT2D eigenvalue weighted by Gasteiger charge is -2.19. The van der Waals surface area contributed by atoms with Crippen molar-refractivity contribution >= 4 is 61.7 Å². The molecule has 0 saturated carbocycles. The third-order valence-corrected chi connectivity index (χ3v) is 4.11. The van der Waals surface area contributed by atoms with Crippen LogP contribution in [0.5, 0.6) is 0 Å². The van der Waals surface area contributed by atoms with Gasteiger partial charge in [-0.2, -0.15) is 0 Å². The highest BCUT2D eigenvalue weighted by atomic mass is 127. The molecule has 0 radical (unpaired) electrons. The fourth-order valence-corrected chi connectivity index (χ4v) is 3.02. The van der Waals surface area contributed by atoms with Gasteiger partial charge in [0, 0.05) is 20.7 Å². The van der Waals surface area contributed by atoms with Gasteiger partial charge < -0.3 is 4.90 Å². The molecule has 19 heavy (non-hydrogen) atoms. The molecule has 0 fully saturated rings. The van der Waals surface area contributed by atoms with Crippen molar-refractivity contribution in [3.8, 4) is 0 Å². The Morgan fingerprint density at radius 2 is 2.00 bits per heavy atom. The molecule has 0 atom stereocenters. The van der Waals surface area contributed by atoms with E-state index in [-0.39, 0.29) is 5.91 Å². The van der Waals surface area contributed by atoms with E-state index >= 15 is 0 Å². The normalized spacial score (nSPS) is 10.3. The van der Waals surface area contributed by atoms with Gasteiger partial charge >= 0.3 is 0 Å². The van der Waals surface area contributed by atoms with Crippen LogP contribution >= 0.6 is 50.1 Å². The second kappa shape index (κ2) is 6.24. The third-order valence-electron chi connectivity index (χ3n) is 2.65. The van der Waals surface area contributed by atoms with Gasteiger partial charge in [0.15, 0.2) is 0 Å². The Morgan fingerprint density at radius 1 is 1.26 bits per heavy atom. The first-order valence-electron chi connectivity index (χ1n) is 5.47. The molecular weight excluding hydrogens is 440 g/mol. The van der Waals surface area contributed by atoms with Gasteiger partial charge in [-0.15, -0.1) is 0 Å². The molecule has 5 heteroatoms. The fraction of sp³-hybridized carbons (Fsp3) is 0.0714. The van der Waals surface area contributed by atoms with Crippen molar-refractivity contribution in [3.63, 3.8) is 0 Å². The van der Waals surface area contributed by atoms with Crippen LogP contribution in [0.15, 0.2) is 46.9 Å². The van der Waals surface area contributed by atoms with Crippen LogP contribution in [-0.2, 0) is 0 Å². The van der Waals surface area contributed by atoms with Crippen LogP contribution < -0.4 is 4.90 Å². The predicted molar refractivity (Wildman–Crippen MR) is 91.0 cm³/mol. The summed E-state index contributed by atoms with van der Waals surface area (Å²) in [7, 11) is 1.72. The molecule has 0 aliphatic carbocycles. The summed E-state index contributed by atoms with van der Waals surface area (Å²) < 4.78 is 1.91. The van der Waals surface area contributed by atoms with Gasteiger partial charge in [-0.1, -0.05) is 33.6 Å². The lowest BCUT2D eigenvalue weighted by molar-refractivity contribution is 0.0993. The van der Waals surface area contributed by atoms with E-state index in [9.17, 15) is 4.79 Å². The van der Waals surface area contributed by atoms with Crippen LogP contribution in [0.4, 0.5) is 5.69 Å². The zero-order chi connectivity index (χ0) is 14.0. The number of benzene rings is 2. The fourth-order valence-electron chi connectivity index (χ4n) is 1.68. The van der Waals surface area contributed by atoms with Crippen LogP contribution in [0.2, 0.25) is 5.02 Å². The SMILES string of the molecule is CN(C(=O)c1cccc(I)c1)c1ccc(Br)cc1Cl. The highest BCUT2D eigenvalue weighted by molar-refractivity contribution is 14.1. The molecule has 0 heterocycles. The second-order valence-electron chi connectivity index (χ2n) is 3.97. The molecule has 0 bridgehead atoms. The molecule has 0 aliphatic heterocycles. The highest BCUT2D eigenvalue weighted by Crippen LogP contribution is 2.29. The molecule has 0 aliphatic rings. The summed E-state index contributed by atoms with van der Waals surface area (Å²) >= 11 is 11.7. The van der Waals surface area contributed by atoms with E-state index in [0.29, 0.717) is 16.3 Å². The Labute approximate surface area is 139 Å². The van der Waals surface area contributed by atoms with E-state index in [1.54, 1.807) is 24.1 Å². The number of amides is 1. The van der Waals surface area contributed by atoms with Crippen molar-refractivity contribution < 1.29 is 4.79 Å². The standard InChI is InChI=1S/C14H10BrClINO/c1-18(13-6-5-10(15)8-12(13)16)14(19)9-3-2-4-11(17)7-9/h2-8H,1H3. The van der Waals surface area contributed by atoms with Crippen molar-refractivity contribution in [2.75, 3.05) is 11.9 Å². The van der Waals surface area contributed by atoms with Crippen LogP contribution in [0.1, 0.15) is 10.4 Å². The van der Waals surface area contributed by atoms with Gasteiger partial charge in [0.25, 0.3) is 5.91 Å². The van der Waals surface area contributed by atoms with Gasteiger partial charge in [-0.25, -0.2) is 0 Å². The van der Waals surface area contributed by atoms with Crippen LogP contribution in [0, 0.1) is 3.57 Å². The second-order valence-corrected chi connectivity index (χ2v) is 6.54. The van der Waals surface area contributed by atoms with Gasteiger partial charge in [-0.05, 0) is 59.0 Å². The number of halogens is 3. The van der Waals surface area contributed by atoms with Crippen molar-refractivity contribution in [1.29, 1.82) is 0 Å². The molecule has 2 aromatic carbocycles. The van der Waals surface area contributed by atoms with E-state index in [4.69, 9.17) is 11.6 Å². The average molecular weight is 451 g/mol. The lowest BCUT2D eigenvalue weighted by atomic mass is 10.2. The molecular formula is C14H10BrClINO.